The molecule has 0 aliphatic rings. The Morgan fingerprint density at radius 2 is 1.08 bits per heavy atom. The normalized spacial score (nSPS) is 11.8. The smallest absolute Gasteiger partial charge is 0.235 e. The molecule has 10 aromatic rings. The van der Waals surface area contributed by atoms with Crippen molar-refractivity contribution in [1.29, 1.82) is 0 Å². The summed E-state index contributed by atoms with van der Waals surface area (Å²) >= 11 is 0. The van der Waals surface area contributed by atoms with Gasteiger partial charge in [0.15, 0.2) is 0 Å². The van der Waals surface area contributed by atoms with Crippen molar-refractivity contribution in [2.75, 3.05) is 0 Å². The Bertz CT molecular complexity index is 2820. The Morgan fingerprint density at radius 3 is 1.92 bits per heavy atom. The molecule has 3 heterocycles. The van der Waals surface area contributed by atoms with Crippen LogP contribution in [0.3, 0.4) is 0 Å². The highest BCUT2D eigenvalue weighted by atomic mass is 15.2. The van der Waals surface area contributed by atoms with E-state index in [1.165, 1.54) is 43.4 Å². The summed E-state index contributed by atoms with van der Waals surface area (Å²) in [6.45, 7) is 0. The van der Waals surface area contributed by atoms with Crippen LogP contribution in [-0.2, 0) is 0 Å². The number of benzene rings is 7. The van der Waals surface area contributed by atoms with E-state index in [0.717, 1.165) is 38.9 Å². The van der Waals surface area contributed by atoms with E-state index in [4.69, 9.17) is 9.97 Å². The van der Waals surface area contributed by atoms with E-state index in [0.29, 0.717) is 5.95 Å². The van der Waals surface area contributed by atoms with Crippen LogP contribution in [0.4, 0.5) is 0 Å². The van der Waals surface area contributed by atoms with Gasteiger partial charge in [-0.15, -0.1) is 0 Å². The molecule has 0 bridgehead atoms. The van der Waals surface area contributed by atoms with E-state index < -0.39 is 0 Å². The van der Waals surface area contributed by atoms with Crippen LogP contribution in [0.15, 0.2) is 170 Å². The molecule has 0 fully saturated rings. The Hall–Kier alpha value is -6.52. The quantitative estimate of drug-likeness (QED) is 0.198. The molecule has 0 aliphatic carbocycles. The summed E-state index contributed by atoms with van der Waals surface area (Å²) < 4.78 is 4.38. The molecule has 10 rings (SSSR count). The molecule has 7 aromatic carbocycles. The lowest BCUT2D eigenvalue weighted by molar-refractivity contribution is 1.01. The Morgan fingerprint density at radius 1 is 0.417 bits per heavy atom. The average molecular weight is 613 g/mol. The molecule has 0 atom stereocenters. The van der Waals surface area contributed by atoms with Crippen LogP contribution >= 0.6 is 0 Å². The van der Waals surface area contributed by atoms with Gasteiger partial charge in [0.2, 0.25) is 5.95 Å². The first-order chi connectivity index (χ1) is 23.8. The van der Waals surface area contributed by atoms with Crippen molar-refractivity contribution in [3.8, 4) is 34.0 Å². The first-order valence-electron chi connectivity index (χ1n) is 16.3. The molecular weight excluding hydrogens is 585 g/mol. The zero-order valence-electron chi connectivity index (χ0n) is 26.0. The number of para-hydroxylation sites is 2. The molecule has 48 heavy (non-hydrogen) atoms. The molecule has 4 heteroatoms. The highest BCUT2D eigenvalue weighted by molar-refractivity contribution is 6.21. The molecule has 0 spiro atoms. The van der Waals surface area contributed by atoms with Gasteiger partial charge in [-0.25, -0.2) is 9.97 Å². The van der Waals surface area contributed by atoms with Crippen LogP contribution in [-0.4, -0.2) is 19.1 Å². The van der Waals surface area contributed by atoms with Crippen LogP contribution in [0.2, 0.25) is 0 Å². The van der Waals surface area contributed by atoms with Crippen molar-refractivity contribution in [3.63, 3.8) is 0 Å². The second-order valence-corrected chi connectivity index (χ2v) is 12.3. The van der Waals surface area contributed by atoms with Gasteiger partial charge in [-0.2, -0.15) is 0 Å². The molecule has 4 nitrogen and oxygen atoms in total. The predicted octanol–water partition coefficient (Wildman–Crippen LogP) is 11.2. The van der Waals surface area contributed by atoms with Gasteiger partial charge < -0.3 is 4.57 Å². The number of rotatable bonds is 4. The summed E-state index contributed by atoms with van der Waals surface area (Å²) in [6, 6.07) is 55.9. The summed E-state index contributed by atoms with van der Waals surface area (Å²) in [5.41, 5.74) is 8.50. The first kappa shape index (κ1) is 26.7. The summed E-state index contributed by atoms with van der Waals surface area (Å²) in [6.07, 6.45) is 4.27. The fourth-order valence-corrected chi connectivity index (χ4v) is 7.32. The number of hydrogen-bond donors (Lipinski definition) is 0. The first-order valence-corrected chi connectivity index (χ1v) is 16.3. The van der Waals surface area contributed by atoms with Crippen molar-refractivity contribution >= 4 is 54.3 Å². The van der Waals surface area contributed by atoms with Gasteiger partial charge in [0.1, 0.15) is 0 Å². The molecule has 3 aromatic heterocycles. The van der Waals surface area contributed by atoms with Crippen LogP contribution < -0.4 is 0 Å². The van der Waals surface area contributed by atoms with Crippen molar-refractivity contribution < 1.29 is 0 Å². The second kappa shape index (κ2) is 10.5. The summed E-state index contributed by atoms with van der Waals surface area (Å²) in [5, 5.41) is 8.35. The molecular formula is C44H28N4. The van der Waals surface area contributed by atoms with E-state index in [9.17, 15) is 0 Å². The maximum Gasteiger partial charge on any atom is 0.235 e. The SMILES string of the molecule is c1ccc(-n2cc3nc(-n4c5ccccc5c5c6ccccc6ccc54)nc(-c4ccc(-c5cccc6ccccc56)cc4)c3c2)cc1. The third kappa shape index (κ3) is 4.10. The molecule has 0 N–H and O–H groups in total. The molecule has 0 aliphatic heterocycles. The van der Waals surface area contributed by atoms with E-state index in [1.54, 1.807) is 0 Å². The van der Waals surface area contributed by atoms with E-state index >= 15 is 0 Å². The number of fused-ring (bicyclic) bond motifs is 7. The summed E-state index contributed by atoms with van der Waals surface area (Å²) in [4.78, 5) is 10.7. The fraction of sp³-hybridized carbons (Fsp3) is 0. The number of hydrogen-bond acceptors (Lipinski definition) is 2. The lowest BCUT2D eigenvalue weighted by atomic mass is 9.97. The average Bonchev–Trinajstić information content (AvgIpc) is 3.74. The number of nitrogens with zero attached hydrogens (tertiary/aromatic N) is 4. The minimum atomic E-state index is 0.655. The highest BCUT2D eigenvalue weighted by Gasteiger charge is 2.20. The van der Waals surface area contributed by atoms with Crippen molar-refractivity contribution in [1.82, 2.24) is 19.1 Å². The largest absolute Gasteiger partial charge is 0.321 e. The number of aromatic nitrogens is 4. The Kier molecular flexibility index (Phi) is 5.84. The van der Waals surface area contributed by atoms with Crippen molar-refractivity contribution in [2.45, 2.75) is 0 Å². The highest BCUT2D eigenvalue weighted by Crippen LogP contribution is 2.38. The van der Waals surface area contributed by atoms with Gasteiger partial charge in [0.05, 0.1) is 22.2 Å². The minimum absolute atomic E-state index is 0.655. The fourth-order valence-electron chi connectivity index (χ4n) is 7.32. The van der Waals surface area contributed by atoms with Gasteiger partial charge in [-0.3, -0.25) is 4.57 Å². The maximum absolute atomic E-state index is 5.39. The van der Waals surface area contributed by atoms with Crippen LogP contribution in [0.5, 0.6) is 0 Å². The lowest BCUT2D eigenvalue weighted by Crippen LogP contribution is -2.02. The standard InChI is InChI=1S/C44H28N4/c1-2-14-33(15-3-1)47-27-38-39(28-47)45-44(48-40-20-9-8-18-37(40)42-36-17-7-5-12-30(36)25-26-41(42)48)46-43(38)32-23-21-31(22-24-32)35-19-10-13-29-11-4-6-16-34(29)35/h1-28H. The predicted molar refractivity (Wildman–Crippen MR) is 199 cm³/mol. The van der Waals surface area contributed by atoms with Crippen LogP contribution in [0.25, 0.3) is 88.3 Å². The van der Waals surface area contributed by atoms with Crippen molar-refractivity contribution in [2.24, 2.45) is 0 Å². The third-order valence-corrected chi connectivity index (χ3v) is 9.57. The molecule has 0 saturated heterocycles. The van der Waals surface area contributed by atoms with Gasteiger partial charge in [-0.05, 0) is 56.9 Å². The zero-order chi connectivity index (χ0) is 31.6. The molecule has 0 radical (unpaired) electrons. The molecule has 224 valence electrons. The summed E-state index contributed by atoms with van der Waals surface area (Å²) in [5.74, 6) is 0.655. The maximum atomic E-state index is 5.39. The molecule has 0 saturated carbocycles. The van der Waals surface area contributed by atoms with E-state index in [1.807, 2.05) is 6.07 Å². The van der Waals surface area contributed by atoms with E-state index in [-0.39, 0.29) is 0 Å². The molecule has 0 amide bonds. The Labute approximate surface area is 276 Å². The molecule has 0 unspecified atom stereocenters. The van der Waals surface area contributed by atoms with Crippen molar-refractivity contribution in [3.05, 3.63) is 170 Å². The van der Waals surface area contributed by atoms with Crippen LogP contribution in [0.1, 0.15) is 0 Å². The van der Waals surface area contributed by atoms with Gasteiger partial charge in [0, 0.05) is 39.8 Å². The summed E-state index contributed by atoms with van der Waals surface area (Å²) in [7, 11) is 0. The van der Waals surface area contributed by atoms with Gasteiger partial charge >= 0.3 is 0 Å². The minimum Gasteiger partial charge on any atom is -0.321 e. The Balaban J connectivity index is 1.22. The third-order valence-electron chi connectivity index (χ3n) is 9.57. The second-order valence-electron chi connectivity index (χ2n) is 12.3. The van der Waals surface area contributed by atoms with Gasteiger partial charge in [-0.1, -0.05) is 133 Å². The van der Waals surface area contributed by atoms with Gasteiger partial charge in [0.25, 0.3) is 0 Å². The van der Waals surface area contributed by atoms with Crippen LogP contribution in [0, 0.1) is 0 Å². The zero-order valence-corrected chi connectivity index (χ0v) is 26.0. The van der Waals surface area contributed by atoms with E-state index in [2.05, 4.69) is 173 Å². The monoisotopic (exact) mass is 612 g/mol. The topological polar surface area (TPSA) is 35.6 Å². The lowest BCUT2D eigenvalue weighted by Gasteiger charge is -2.11.